The summed E-state index contributed by atoms with van der Waals surface area (Å²) in [6.45, 7) is 3.77. The SMILES string of the molecule is CCCCCCCCCCCCCCCCCCCCCCCCCCCCCCCCCCCCCC(=O)NC(COC1OC(CO)C(O)C(O)C1O)C(O)CCCCCCC. The molecule has 0 bridgehead atoms. The van der Waals surface area contributed by atoms with Crippen LogP contribution in [0, 0.1) is 0 Å². The van der Waals surface area contributed by atoms with E-state index in [1.165, 1.54) is 205 Å². The lowest BCUT2D eigenvalue weighted by Crippen LogP contribution is -2.60. The molecule has 7 atom stereocenters. The molecule has 1 rings (SSSR count). The second-order valence-electron chi connectivity index (χ2n) is 19.7. The third-order valence-electron chi connectivity index (χ3n) is 13.7. The Labute approximate surface area is 389 Å². The van der Waals surface area contributed by atoms with E-state index in [2.05, 4.69) is 19.2 Å². The third kappa shape index (κ3) is 35.1. The Morgan fingerprint density at radius 2 is 0.794 bits per heavy atom. The summed E-state index contributed by atoms with van der Waals surface area (Å²) in [5.74, 6) is -0.145. The Balaban J connectivity index is 1.94. The molecule has 1 heterocycles. The largest absolute Gasteiger partial charge is 0.394 e. The van der Waals surface area contributed by atoms with Crippen LogP contribution in [0.3, 0.4) is 0 Å². The van der Waals surface area contributed by atoms with E-state index in [1.54, 1.807) is 0 Å². The number of rotatable bonds is 48. The van der Waals surface area contributed by atoms with Crippen LogP contribution >= 0.6 is 0 Å². The molecule has 63 heavy (non-hydrogen) atoms. The van der Waals surface area contributed by atoms with Crippen LogP contribution in [0.4, 0.5) is 0 Å². The van der Waals surface area contributed by atoms with Gasteiger partial charge in [0.25, 0.3) is 0 Å². The molecule has 0 aromatic heterocycles. The molecule has 9 heteroatoms. The molecule has 0 saturated carbocycles. The van der Waals surface area contributed by atoms with E-state index < -0.39 is 49.5 Å². The van der Waals surface area contributed by atoms with Gasteiger partial charge < -0.3 is 40.3 Å². The quantitative estimate of drug-likeness (QED) is 0.0331. The van der Waals surface area contributed by atoms with Crippen molar-refractivity contribution in [3.63, 3.8) is 0 Å². The highest BCUT2D eigenvalue weighted by Crippen LogP contribution is 2.23. The number of hydrogen-bond acceptors (Lipinski definition) is 8. The van der Waals surface area contributed by atoms with Gasteiger partial charge in [-0.1, -0.05) is 264 Å². The van der Waals surface area contributed by atoms with Crippen molar-refractivity contribution in [3.05, 3.63) is 0 Å². The topological polar surface area (TPSA) is 149 Å². The predicted octanol–water partition coefficient (Wildman–Crippen LogP) is 13.1. The van der Waals surface area contributed by atoms with Gasteiger partial charge in [-0.15, -0.1) is 0 Å². The van der Waals surface area contributed by atoms with Gasteiger partial charge in [0.15, 0.2) is 6.29 Å². The zero-order valence-corrected chi connectivity index (χ0v) is 41.6. The highest BCUT2D eigenvalue weighted by atomic mass is 16.7. The summed E-state index contributed by atoms with van der Waals surface area (Å²) in [7, 11) is 0. The third-order valence-corrected chi connectivity index (χ3v) is 13.7. The maximum absolute atomic E-state index is 12.9. The molecule has 0 radical (unpaired) electrons. The summed E-state index contributed by atoms with van der Waals surface area (Å²) in [6, 6.07) is -0.709. The summed E-state index contributed by atoms with van der Waals surface area (Å²) in [5.41, 5.74) is 0. The lowest BCUT2D eigenvalue weighted by molar-refractivity contribution is -0.302. The highest BCUT2D eigenvalue weighted by Gasteiger charge is 2.44. The number of carbonyl (C=O) groups excluding carboxylic acids is 1. The van der Waals surface area contributed by atoms with E-state index in [-0.39, 0.29) is 12.5 Å². The number of unbranched alkanes of at least 4 members (excludes halogenated alkanes) is 38. The van der Waals surface area contributed by atoms with Gasteiger partial charge in [-0.2, -0.15) is 0 Å². The number of amides is 1. The van der Waals surface area contributed by atoms with Gasteiger partial charge in [0.1, 0.15) is 24.4 Å². The summed E-state index contributed by atoms with van der Waals surface area (Å²) in [4.78, 5) is 12.9. The van der Waals surface area contributed by atoms with Gasteiger partial charge in [-0.25, -0.2) is 0 Å². The second-order valence-corrected chi connectivity index (χ2v) is 19.7. The summed E-state index contributed by atoms with van der Waals surface area (Å²) >= 11 is 0. The van der Waals surface area contributed by atoms with E-state index in [1.807, 2.05) is 0 Å². The molecule has 0 aliphatic carbocycles. The molecule has 1 aliphatic heterocycles. The highest BCUT2D eigenvalue weighted by molar-refractivity contribution is 5.76. The van der Waals surface area contributed by atoms with Crippen molar-refractivity contribution in [2.45, 2.75) is 326 Å². The lowest BCUT2D eigenvalue weighted by atomic mass is 9.99. The average Bonchev–Trinajstić information content (AvgIpc) is 3.28. The van der Waals surface area contributed by atoms with Crippen molar-refractivity contribution in [2.24, 2.45) is 0 Å². The second kappa shape index (κ2) is 45.0. The molecule has 1 amide bonds. The summed E-state index contributed by atoms with van der Waals surface area (Å²) in [6.07, 6.45) is 46.5. The van der Waals surface area contributed by atoms with Gasteiger partial charge in [0.2, 0.25) is 5.91 Å². The van der Waals surface area contributed by atoms with Gasteiger partial charge in [-0.05, 0) is 12.8 Å². The molecule has 376 valence electrons. The Bertz CT molecular complexity index is 955. The van der Waals surface area contributed by atoms with Crippen LogP contribution in [0.5, 0.6) is 0 Å². The number of nitrogens with one attached hydrogen (secondary N) is 1. The molecule has 1 saturated heterocycles. The minimum Gasteiger partial charge on any atom is -0.394 e. The van der Waals surface area contributed by atoms with Crippen LogP contribution in [0.25, 0.3) is 0 Å². The van der Waals surface area contributed by atoms with Gasteiger partial charge in [0, 0.05) is 6.42 Å². The van der Waals surface area contributed by atoms with Crippen molar-refractivity contribution in [1.82, 2.24) is 5.32 Å². The number of ether oxygens (including phenoxy) is 2. The fourth-order valence-electron chi connectivity index (χ4n) is 9.28. The van der Waals surface area contributed by atoms with Crippen LogP contribution in [0.1, 0.15) is 284 Å². The molecular weight excluding hydrogens is 791 g/mol. The van der Waals surface area contributed by atoms with Gasteiger partial charge in [-0.3, -0.25) is 4.79 Å². The number of aliphatic hydroxyl groups excluding tert-OH is 5. The van der Waals surface area contributed by atoms with Crippen LogP contribution in [-0.2, 0) is 14.3 Å². The first-order valence-electron chi connectivity index (χ1n) is 27.7. The zero-order chi connectivity index (χ0) is 45.9. The molecule has 1 fully saturated rings. The zero-order valence-electron chi connectivity index (χ0n) is 41.6. The van der Waals surface area contributed by atoms with E-state index >= 15 is 0 Å². The Morgan fingerprint density at radius 3 is 1.13 bits per heavy atom. The molecule has 1 aliphatic rings. The molecule has 0 aromatic carbocycles. The first-order valence-corrected chi connectivity index (χ1v) is 27.7. The minimum absolute atomic E-state index is 0.135. The summed E-state index contributed by atoms with van der Waals surface area (Å²) in [5, 5.41) is 54.0. The number of carbonyl (C=O) groups is 1. The average molecular weight is 898 g/mol. The fraction of sp³-hybridized carbons (Fsp3) is 0.981. The van der Waals surface area contributed by atoms with Gasteiger partial charge >= 0.3 is 0 Å². The van der Waals surface area contributed by atoms with Crippen molar-refractivity contribution >= 4 is 5.91 Å². The standard InChI is InChI=1S/C54H107NO8/c1-3-5-7-9-10-11-12-13-14-15-16-17-18-19-20-21-22-23-24-25-26-27-28-29-30-31-32-33-34-35-36-37-38-40-42-44-50(58)55-47(48(57)43-41-39-8-6-4-2)46-62-54-53(61)52(60)51(59)49(45-56)63-54/h47-49,51-54,56-57,59-61H,3-46H2,1-2H3,(H,55,58). The van der Waals surface area contributed by atoms with Gasteiger partial charge in [0.05, 0.1) is 25.4 Å². The van der Waals surface area contributed by atoms with Crippen molar-refractivity contribution in [2.75, 3.05) is 13.2 Å². The van der Waals surface area contributed by atoms with E-state index in [9.17, 15) is 30.3 Å². The van der Waals surface area contributed by atoms with Crippen LogP contribution in [0.15, 0.2) is 0 Å². The van der Waals surface area contributed by atoms with Crippen molar-refractivity contribution in [3.8, 4) is 0 Å². The van der Waals surface area contributed by atoms with Crippen LogP contribution in [0.2, 0.25) is 0 Å². The first-order chi connectivity index (χ1) is 30.8. The molecule has 0 spiro atoms. The molecule has 7 unspecified atom stereocenters. The monoisotopic (exact) mass is 898 g/mol. The first kappa shape index (κ1) is 60.2. The predicted molar refractivity (Wildman–Crippen MR) is 263 cm³/mol. The van der Waals surface area contributed by atoms with Crippen LogP contribution < -0.4 is 5.32 Å². The Kier molecular flexibility index (Phi) is 43.0. The lowest BCUT2D eigenvalue weighted by Gasteiger charge is -2.40. The summed E-state index contributed by atoms with van der Waals surface area (Å²) < 4.78 is 11.2. The van der Waals surface area contributed by atoms with E-state index in [0.717, 1.165) is 51.4 Å². The molecule has 0 aromatic rings. The maximum Gasteiger partial charge on any atom is 0.220 e. The smallest absolute Gasteiger partial charge is 0.220 e. The van der Waals surface area contributed by atoms with Crippen molar-refractivity contribution in [1.29, 1.82) is 0 Å². The number of aliphatic hydroxyl groups is 5. The fourth-order valence-corrected chi connectivity index (χ4v) is 9.28. The minimum atomic E-state index is -1.55. The maximum atomic E-state index is 12.9. The molecule has 6 N–H and O–H groups in total. The molecular formula is C54H107NO8. The van der Waals surface area contributed by atoms with E-state index in [0.29, 0.717) is 12.8 Å². The molecule has 9 nitrogen and oxygen atoms in total. The van der Waals surface area contributed by atoms with Crippen molar-refractivity contribution < 1.29 is 39.8 Å². The Morgan fingerprint density at radius 1 is 0.476 bits per heavy atom. The van der Waals surface area contributed by atoms with E-state index in [4.69, 9.17) is 9.47 Å². The van der Waals surface area contributed by atoms with Crippen LogP contribution in [-0.4, -0.2) is 87.5 Å². The number of hydrogen-bond donors (Lipinski definition) is 6. The Hall–Kier alpha value is -0.810. The normalized spacial score (nSPS) is 20.0.